The number of aliphatic hydroxyl groups is 1. The molecule has 66 valence electrons. The Morgan fingerprint density at radius 2 is 1.75 bits per heavy atom. The van der Waals surface area contributed by atoms with Crippen LogP contribution in [0.15, 0.2) is 30.3 Å². The Kier molecular flexibility index (Phi) is 3.17. The predicted molar refractivity (Wildman–Crippen MR) is 42.3 cm³/mol. The van der Waals surface area contributed by atoms with E-state index in [0.717, 1.165) is 0 Å². The Labute approximate surface area is 69.7 Å². The van der Waals surface area contributed by atoms with Gasteiger partial charge in [-0.2, -0.15) is 0 Å². The van der Waals surface area contributed by atoms with Gasteiger partial charge in [0.05, 0.1) is 12.5 Å². The van der Waals surface area contributed by atoms with Crippen LogP contribution in [0.4, 0.5) is 8.78 Å². The van der Waals surface area contributed by atoms with Crippen LogP contribution < -0.4 is 0 Å². The van der Waals surface area contributed by atoms with Crippen molar-refractivity contribution in [2.45, 2.75) is 12.3 Å². The molecule has 1 aromatic carbocycles. The fourth-order valence-corrected chi connectivity index (χ4v) is 1.03. The second-order valence-corrected chi connectivity index (χ2v) is 2.53. The molecule has 0 bridgehead atoms. The third kappa shape index (κ3) is 2.01. The summed E-state index contributed by atoms with van der Waals surface area (Å²) in [7, 11) is 0. The van der Waals surface area contributed by atoms with Gasteiger partial charge in [-0.1, -0.05) is 30.3 Å². The minimum absolute atomic E-state index is 0.481. The SMILES string of the molecule is OCC(c1ccccc1)C(F)F. The molecule has 3 heteroatoms. The molecule has 0 fully saturated rings. The summed E-state index contributed by atoms with van der Waals surface area (Å²) in [6, 6.07) is 8.30. The Hall–Kier alpha value is -0.960. The van der Waals surface area contributed by atoms with E-state index >= 15 is 0 Å². The topological polar surface area (TPSA) is 20.2 Å². The molecule has 1 atom stereocenters. The molecule has 0 heterocycles. The molecule has 1 nitrogen and oxygen atoms in total. The molecular weight excluding hydrogens is 162 g/mol. The maximum atomic E-state index is 12.2. The molecule has 1 N–H and O–H groups in total. The lowest BCUT2D eigenvalue weighted by molar-refractivity contribution is 0.0811. The van der Waals surface area contributed by atoms with E-state index in [4.69, 9.17) is 5.11 Å². The highest BCUT2D eigenvalue weighted by atomic mass is 19.3. The van der Waals surface area contributed by atoms with Crippen LogP contribution in [-0.4, -0.2) is 18.1 Å². The van der Waals surface area contributed by atoms with Gasteiger partial charge in [-0.25, -0.2) is 8.78 Å². The van der Waals surface area contributed by atoms with Crippen molar-refractivity contribution in [3.8, 4) is 0 Å². The lowest BCUT2D eigenvalue weighted by Crippen LogP contribution is -2.13. The van der Waals surface area contributed by atoms with E-state index in [1.54, 1.807) is 30.3 Å². The van der Waals surface area contributed by atoms with Crippen LogP contribution in [0, 0.1) is 0 Å². The van der Waals surface area contributed by atoms with Crippen LogP contribution in [0.1, 0.15) is 11.5 Å². The summed E-state index contributed by atoms with van der Waals surface area (Å²) < 4.78 is 24.5. The Balaban J connectivity index is 2.80. The van der Waals surface area contributed by atoms with Crippen LogP contribution in [0.25, 0.3) is 0 Å². The van der Waals surface area contributed by atoms with E-state index in [9.17, 15) is 8.78 Å². The van der Waals surface area contributed by atoms with E-state index in [0.29, 0.717) is 5.56 Å². The van der Waals surface area contributed by atoms with E-state index in [-0.39, 0.29) is 0 Å². The van der Waals surface area contributed by atoms with Gasteiger partial charge in [0.25, 0.3) is 0 Å². The maximum absolute atomic E-state index is 12.2. The first-order chi connectivity index (χ1) is 5.75. The van der Waals surface area contributed by atoms with E-state index in [1.807, 2.05) is 0 Å². The van der Waals surface area contributed by atoms with Gasteiger partial charge in [-0.05, 0) is 5.56 Å². The second kappa shape index (κ2) is 4.16. The van der Waals surface area contributed by atoms with Crippen LogP contribution in [0.5, 0.6) is 0 Å². The van der Waals surface area contributed by atoms with Crippen LogP contribution >= 0.6 is 0 Å². The molecule has 0 saturated carbocycles. The second-order valence-electron chi connectivity index (χ2n) is 2.53. The van der Waals surface area contributed by atoms with E-state index in [1.165, 1.54) is 0 Å². The molecule has 0 aliphatic rings. The average Bonchev–Trinajstić information content (AvgIpc) is 2.07. The van der Waals surface area contributed by atoms with Crippen molar-refractivity contribution < 1.29 is 13.9 Å². The predicted octanol–water partition coefficient (Wildman–Crippen LogP) is 2.03. The summed E-state index contributed by atoms with van der Waals surface area (Å²) in [5, 5.41) is 8.67. The summed E-state index contributed by atoms with van der Waals surface area (Å²) in [6.45, 7) is -0.512. The van der Waals surface area contributed by atoms with Crippen molar-refractivity contribution in [3.63, 3.8) is 0 Å². The Bertz CT molecular complexity index is 223. The Morgan fingerprint density at radius 1 is 1.17 bits per heavy atom. The van der Waals surface area contributed by atoms with Crippen molar-refractivity contribution in [3.05, 3.63) is 35.9 Å². The van der Waals surface area contributed by atoms with Crippen molar-refractivity contribution in [1.29, 1.82) is 0 Å². The molecule has 0 amide bonds. The van der Waals surface area contributed by atoms with E-state index < -0.39 is 19.0 Å². The lowest BCUT2D eigenvalue weighted by atomic mass is 10.0. The average molecular weight is 172 g/mol. The number of benzene rings is 1. The highest BCUT2D eigenvalue weighted by molar-refractivity contribution is 5.20. The minimum Gasteiger partial charge on any atom is -0.396 e. The largest absolute Gasteiger partial charge is 0.396 e. The molecule has 1 aromatic rings. The van der Waals surface area contributed by atoms with Crippen molar-refractivity contribution in [1.82, 2.24) is 0 Å². The summed E-state index contributed by atoms with van der Waals surface area (Å²) >= 11 is 0. The van der Waals surface area contributed by atoms with Crippen LogP contribution in [0.3, 0.4) is 0 Å². The van der Waals surface area contributed by atoms with Crippen LogP contribution in [0.2, 0.25) is 0 Å². The number of alkyl halides is 2. The molecule has 0 aromatic heterocycles. The number of halogens is 2. The molecule has 1 unspecified atom stereocenters. The van der Waals surface area contributed by atoms with E-state index in [2.05, 4.69) is 0 Å². The third-order valence-electron chi connectivity index (χ3n) is 1.73. The highest BCUT2D eigenvalue weighted by Gasteiger charge is 2.20. The van der Waals surface area contributed by atoms with Gasteiger partial charge in [-0.15, -0.1) is 0 Å². The summed E-state index contributed by atoms with van der Waals surface area (Å²) in [5.41, 5.74) is 0.481. The van der Waals surface area contributed by atoms with Crippen LogP contribution in [-0.2, 0) is 0 Å². The standard InChI is InChI=1S/C9H10F2O/c10-9(11)8(6-12)7-4-2-1-3-5-7/h1-5,8-9,12H,6H2. The molecular formula is C9H10F2O. The molecule has 12 heavy (non-hydrogen) atoms. The number of hydrogen-bond acceptors (Lipinski definition) is 1. The summed E-state index contributed by atoms with van der Waals surface area (Å²) in [4.78, 5) is 0. The number of rotatable bonds is 3. The van der Waals surface area contributed by atoms with Crippen molar-refractivity contribution >= 4 is 0 Å². The monoisotopic (exact) mass is 172 g/mol. The van der Waals surface area contributed by atoms with Gasteiger partial charge in [0.15, 0.2) is 0 Å². The summed E-state index contributed by atoms with van der Waals surface area (Å²) in [6.07, 6.45) is -2.50. The quantitative estimate of drug-likeness (QED) is 0.739. The lowest BCUT2D eigenvalue weighted by Gasteiger charge is -2.12. The third-order valence-corrected chi connectivity index (χ3v) is 1.73. The zero-order valence-electron chi connectivity index (χ0n) is 6.45. The normalized spacial score (nSPS) is 13.3. The molecule has 0 aliphatic heterocycles. The maximum Gasteiger partial charge on any atom is 0.247 e. The van der Waals surface area contributed by atoms with Gasteiger partial charge in [0.1, 0.15) is 0 Å². The van der Waals surface area contributed by atoms with Gasteiger partial charge in [-0.3, -0.25) is 0 Å². The Morgan fingerprint density at radius 3 is 2.17 bits per heavy atom. The van der Waals surface area contributed by atoms with Gasteiger partial charge in [0, 0.05) is 0 Å². The molecule has 0 spiro atoms. The van der Waals surface area contributed by atoms with Gasteiger partial charge < -0.3 is 5.11 Å². The number of aliphatic hydroxyl groups excluding tert-OH is 1. The minimum atomic E-state index is -2.50. The summed E-state index contributed by atoms with van der Waals surface area (Å²) in [5.74, 6) is -1.05. The molecule has 1 rings (SSSR count). The highest BCUT2D eigenvalue weighted by Crippen LogP contribution is 2.21. The number of hydrogen-bond donors (Lipinski definition) is 1. The first kappa shape index (κ1) is 9.13. The molecule has 0 aliphatic carbocycles. The zero-order valence-corrected chi connectivity index (χ0v) is 6.45. The van der Waals surface area contributed by atoms with Gasteiger partial charge in [0.2, 0.25) is 6.43 Å². The molecule has 0 saturated heterocycles. The smallest absolute Gasteiger partial charge is 0.247 e. The first-order valence-corrected chi connectivity index (χ1v) is 3.69. The fraction of sp³-hybridized carbons (Fsp3) is 0.333. The fourth-order valence-electron chi connectivity index (χ4n) is 1.03. The first-order valence-electron chi connectivity index (χ1n) is 3.69. The zero-order chi connectivity index (χ0) is 8.97. The van der Waals surface area contributed by atoms with Crippen molar-refractivity contribution in [2.75, 3.05) is 6.61 Å². The van der Waals surface area contributed by atoms with Gasteiger partial charge >= 0.3 is 0 Å². The molecule has 0 radical (unpaired) electrons. The van der Waals surface area contributed by atoms with Crippen molar-refractivity contribution in [2.24, 2.45) is 0 Å².